The van der Waals surface area contributed by atoms with Crippen LogP contribution in [0.5, 0.6) is 0 Å². The Bertz CT molecular complexity index is 1020. The molecular weight excluding hydrogens is 410 g/mol. The van der Waals surface area contributed by atoms with Crippen molar-refractivity contribution in [2.45, 2.75) is 25.8 Å². The van der Waals surface area contributed by atoms with Crippen LogP contribution in [0.15, 0.2) is 78.9 Å². The maximum atomic E-state index is 11.7. The van der Waals surface area contributed by atoms with Gasteiger partial charge in [0.2, 0.25) is 0 Å². The quantitative estimate of drug-likeness (QED) is 0.421. The lowest BCUT2D eigenvalue weighted by Crippen LogP contribution is -2.48. The average Bonchev–Trinajstić information content (AvgIpc) is 2.74. The van der Waals surface area contributed by atoms with Gasteiger partial charge in [-0.05, 0) is 29.3 Å². The second-order valence-electron chi connectivity index (χ2n) is 8.19. The fourth-order valence-electron chi connectivity index (χ4n) is 3.66. The van der Waals surface area contributed by atoms with Crippen molar-refractivity contribution in [3.8, 4) is 0 Å². The van der Waals surface area contributed by atoms with E-state index in [0.29, 0.717) is 18.8 Å². The predicted molar refractivity (Wildman–Crippen MR) is 126 cm³/mol. The van der Waals surface area contributed by atoms with Gasteiger partial charge in [-0.15, -0.1) is 0 Å². The summed E-state index contributed by atoms with van der Waals surface area (Å²) in [6, 6.07) is 24.8. The number of aromatic carboxylic acids is 1. The minimum absolute atomic E-state index is 0.222. The molecule has 3 aromatic carbocycles. The molecule has 0 radical (unpaired) electrons. The van der Waals surface area contributed by atoms with Crippen LogP contribution >= 0.6 is 11.6 Å². The lowest BCUT2D eigenvalue weighted by molar-refractivity contribution is 0.00140. The van der Waals surface area contributed by atoms with Crippen LogP contribution in [-0.4, -0.2) is 34.8 Å². The third-order valence-corrected chi connectivity index (χ3v) is 5.55. The maximum Gasteiger partial charge on any atom is 0.337 e. The third kappa shape index (κ3) is 5.85. The van der Waals surface area contributed by atoms with Crippen LogP contribution in [0.4, 0.5) is 5.69 Å². The van der Waals surface area contributed by atoms with Gasteiger partial charge in [-0.3, -0.25) is 0 Å². The fraction of sp³-hybridized carbons (Fsp3) is 0.240. The van der Waals surface area contributed by atoms with Crippen molar-refractivity contribution in [3.63, 3.8) is 0 Å². The summed E-state index contributed by atoms with van der Waals surface area (Å²) in [5, 5.41) is 14.3. The lowest BCUT2D eigenvalue weighted by atomic mass is 9.84. The number of carboxylic acids is 1. The van der Waals surface area contributed by atoms with Crippen LogP contribution < -0.4 is 5.43 Å². The summed E-state index contributed by atoms with van der Waals surface area (Å²) < 4.78 is 0. The van der Waals surface area contributed by atoms with Gasteiger partial charge in [0, 0.05) is 24.0 Å². The largest absolute Gasteiger partial charge is 0.478 e. The van der Waals surface area contributed by atoms with Crippen LogP contribution in [0.2, 0.25) is 5.02 Å². The van der Waals surface area contributed by atoms with Gasteiger partial charge in [-0.25, -0.2) is 9.80 Å². The molecule has 0 amide bonds. The van der Waals surface area contributed by atoms with Crippen LogP contribution in [-0.2, 0) is 12.0 Å². The number of rotatable bonds is 9. The van der Waals surface area contributed by atoms with Crippen LogP contribution in [0.3, 0.4) is 0 Å². The van der Waals surface area contributed by atoms with E-state index in [2.05, 4.69) is 24.3 Å². The van der Waals surface area contributed by atoms with Crippen molar-refractivity contribution in [1.29, 1.82) is 0 Å². The summed E-state index contributed by atoms with van der Waals surface area (Å²) in [6.45, 7) is 5.52. The van der Waals surface area contributed by atoms with E-state index in [1.54, 1.807) is 18.2 Å². The normalized spacial score (nSPS) is 11.7. The number of carboxylic acid groups (broad SMARTS) is 1. The standard InChI is InChI=1S/C25H28ClN3O2/c1-25(2,21-14-8-9-15-22(21)26)18-28(3)29(17-19-11-5-4-6-12-19)27-23-16-10-7-13-20(23)24(30)31/h4-16,27H,17-18H2,1-3H3,(H,30,31). The molecule has 0 aliphatic heterocycles. The molecule has 0 bridgehead atoms. The number of likely N-dealkylation sites (N-methyl/N-ethyl adjacent to an activating group) is 1. The van der Waals surface area contributed by atoms with Gasteiger partial charge in [-0.2, -0.15) is 5.12 Å². The molecule has 0 aliphatic carbocycles. The minimum atomic E-state index is -0.971. The molecule has 0 saturated heterocycles. The molecular formula is C25H28ClN3O2. The van der Waals surface area contributed by atoms with Gasteiger partial charge in [0.15, 0.2) is 0 Å². The Kier molecular flexibility index (Phi) is 7.33. The van der Waals surface area contributed by atoms with E-state index in [1.807, 2.05) is 72.8 Å². The van der Waals surface area contributed by atoms with Crippen LogP contribution in [0, 0.1) is 0 Å². The van der Waals surface area contributed by atoms with Crippen molar-refractivity contribution in [1.82, 2.24) is 10.1 Å². The highest BCUT2D eigenvalue weighted by molar-refractivity contribution is 6.31. The molecule has 3 rings (SSSR count). The monoisotopic (exact) mass is 437 g/mol. The first-order valence-electron chi connectivity index (χ1n) is 10.1. The number of nitrogens with zero attached hydrogens (tertiary/aromatic N) is 2. The van der Waals surface area contributed by atoms with Gasteiger partial charge in [0.25, 0.3) is 0 Å². The highest BCUT2D eigenvalue weighted by atomic mass is 35.5. The van der Waals surface area contributed by atoms with Crippen molar-refractivity contribution in [2.24, 2.45) is 0 Å². The Morgan fingerprint density at radius 1 is 0.968 bits per heavy atom. The summed E-state index contributed by atoms with van der Waals surface area (Å²) >= 11 is 6.47. The first-order valence-corrected chi connectivity index (χ1v) is 10.5. The molecule has 6 heteroatoms. The first-order chi connectivity index (χ1) is 14.8. The number of hydrogen-bond acceptors (Lipinski definition) is 4. The smallest absolute Gasteiger partial charge is 0.337 e. The number of nitrogens with one attached hydrogen (secondary N) is 1. The Morgan fingerprint density at radius 3 is 2.26 bits per heavy atom. The van der Waals surface area contributed by atoms with Crippen molar-refractivity contribution in [3.05, 3.63) is 101 Å². The molecule has 162 valence electrons. The number of para-hydroxylation sites is 1. The highest BCUT2D eigenvalue weighted by Crippen LogP contribution is 2.31. The number of carbonyl (C=O) groups is 1. The minimum Gasteiger partial charge on any atom is -0.478 e. The molecule has 0 atom stereocenters. The third-order valence-electron chi connectivity index (χ3n) is 5.22. The van der Waals surface area contributed by atoms with E-state index in [9.17, 15) is 9.90 Å². The summed E-state index contributed by atoms with van der Waals surface area (Å²) in [7, 11) is 1.98. The summed E-state index contributed by atoms with van der Waals surface area (Å²) in [6.07, 6.45) is 0. The maximum absolute atomic E-state index is 11.7. The molecule has 2 N–H and O–H groups in total. The van der Waals surface area contributed by atoms with E-state index in [4.69, 9.17) is 11.6 Å². The molecule has 0 heterocycles. The van der Waals surface area contributed by atoms with Crippen molar-refractivity contribution in [2.75, 3.05) is 19.0 Å². The van der Waals surface area contributed by atoms with Gasteiger partial charge in [0.05, 0.1) is 17.8 Å². The summed E-state index contributed by atoms with van der Waals surface area (Å²) in [5.41, 5.74) is 5.99. The second kappa shape index (κ2) is 9.96. The molecule has 0 aromatic heterocycles. The Hall–Kier alpha value is -2.86. The Labute approximate surface area is 188 Å². The Balaban J connectivity index is 1.89. The molecule has 3 aromatic rings. The van der Waals surface area contributed by atoms with Gasteiger partial charge in [0.1, 0.15) is 0 Å². The summed E-state index contributed by atoms with van der Waals surface area (Å²) in [4.78, 5) is 11.7. The molecule has 0 spiro atoms. The zero-order chi connectivity index (χ0) is 22.4. The van der Waals surface area contributed by atoms with E-state index < -0.39 is 5.97 Å². The zero-order valence-electron chi connectivity index (χ0n) is 18.0. The topological polar surface area (TPSA) is 55.8 Å². The van der Waals surface area contributed by atoms with E-state index in [0.717, 1.165) is 16.1 Å². The van der Waals surface area contributed by atoms with Crippen LogP contribution in [0.25, 0.3) is 0 Å². The molecule has 5 nitrogen and oxygen atoms in total. The molecule has 0 unspecified atom stereocenters. The van der Waals surface area contributed by atoms with E-state index >= 15 is 0 Å². The summed E-state index contributed by atoms with van der Waals surface area (Å²) in [5.74, 6) is -0.971. The molecule has 31 heavy (non-hydrogen) atoms. The Morgan fingerprint density at radius 2 is 1.58 bits per heavy atom. The van der Waals surface area contributed by atoms with E-state index in [1.165, 1.54) is 0 Å². The number of benzene rings is 3. The number of hydrogen-bond donors (Lipinski definition) is 2. The highest BCUT2D eigenvalue weighted by Gasteiger charge is 2.27. The molecule has 0 aliphatic rings. The SMILES string of the molecule is CN(CC(C)(C)c1ccccc1Cl)N(Cc1ccccc1)Nc1ccccc1C(=O)O. The fourth-order valence-corrected chi connectivity index (χ4v) is 4.05. The second-order valence-corrected chi connectivity index (χ2v) is 8.59. The number of halogens is 1. The zero-order valence-corrected chi connectivity index (χ0v) is 18.8. The first kappa shape index (κ1) is 22.8. The predicted octanol–water partition coefficient (Wildman–Crippen LogP) is 5.69. The van der Waals surface area contributed by atoms with E-state index in [-0.39, 0.29) is 11.0 Å². The van der Waals surface area contributed by atoms with Gasteiger partial charge >= 0.3 is 5.97 Å². The van der Waals surface area contributed by atoms with Crippen LogP contribution in [0.1, 0.15) is 35.3 Å². The number of anilines is 1. The van der Waals surface area contributed by atoms with Gasteiger partial charge < -0.3 is 10.5 Å². The van der Waals surface area contributed by atoms with Gasteiger partial charge in [-0.1, -0.05) is 86.1 Å². The van der Waals surface area contributed by atoms with Crippen molar-refractivity contribution < 1.29 is 9.90 Å². The average molecular weight is 438 g/mol. The van der Waals surface area contributed by atoms with Crippen molar-refractivity contribution >= 4 is 23.3 Å². The lowest BCUT2D eigenvalue weighted by Gasteiger charge is -2.38. The molecule has 0 fully saturated rings. The number of hydrazine groups is 2. The molecule has 0 saturated carbocycles.